The van der Waals surface area contributed by atoms with Crippen LogP contribution in [0.2, 0.25) is 5.02 Å². The predicted octanol–water partition coefficient (Wildman–Crippen LogP) is 5.07. The summed E-state index contributed by atoms with van der Waals surface area (Å²) < 4.78 is 5.52. The number of rotatable bonds is 3. The molecule has 1 saturated carbocycles. The molecule has 2 heterocycles. The Morgan fingerprint density at radius 3 is 2.43 bits per heavy atom. The van der Waals surface area contributed by atoms with E-state index >= 15 is 0 Å². The first kappa shape index (κ1) is 21.3. The molecular weight excluding hydrogens is 402 g/mol. The van der Waals surface area contributed by atoms with Crippen LogP contribution >= 0.6 is 11.6 Å². The number of nitrogens with zero attached hydrogens (tertiary/aromatic N) is 3. The highest BCUT2D eigenvalue weighted by molar-refractivity contribution is 6.30. The van der Waals surface area contributed by atoms with Gasteiger partial charge in [0.05, 0.1) is 6.04 Å². The van der Waals surface area contributed by atoms with E-state index in [-0.39, 0.29) is 29.7 Å². The maximum Gasteiger partial charge on any atom is 0.410 e. The summed E-state index contributed by atoms with van der Waals surface area (Å²) in [6, 6.07) is 8.07. The molecule has 2 saturated heterocycles. The van der Waals surface area contributed by atoms with E-state index in [0.717, 1.165) is 31.2 Å². The quantitative estimate of drug-likeness (QED) is 0.668. The van der Waals surface area contributed by atoms with Gasteiger partial charge in [-0.3, -0.25) is 0 Å². The fourth-order valence-electron chi connectivity index (χ4n) is 4.56. The van der Waals surface area contributed by atoms with Crippen LogP contribution in [0.15, 0.2) is 24.3 Å². The van der Waals surface area contributed by atoms with E-state index in [2.05, 4.69) is 22.8 Å². The highest BCUT2D eigenvalue weighted by Gasteiger charge is 2.53. The second-order valence-electron chi connectivity index (χ2n) is 10.1. The standard InChI is InChI=1S/C23H32ClN3O3/c1-22(2,3)30-21(29)25-12-8-18(9-13-25)27-19(16-6-5-7-17(24)14-16)15-26(20(27)28)23(4)10-11-23/h5-7,14,18-19H,8-13,15H2,1-4H3. The molecule has 1 aromatic carbocycles. The molecule has 4 rings (SSSR count). The van der Waals surface area contributed by atoms with Gasteiger partial charge in [0.1, 0.15) is 5.60 Å². The lowest BCUT2D eigenvalue weighted by Gasteiger charge is -2.39. The molecule has 1 aliphatic carbocycles. The number of ether oxygens (including phenoxy) is 1. The van der Waals surface area contributed by atoms with E-state index < -0.39 is 5.60 Å². The number of hydrogen-bond acceptors (Lipinski definition) is 3. The minimum absolute atomic E-state index is 0.00768. The third-order valence-electron chi connectivity index (χ3n) is 6.51. The van der Waals surface area contributed by atoms with Crippen LogP contribution in [0.5, 0.6) is 0 Å². The van der Waals surface area contributed by atoms with E-state index in [1.54, 1.807) is 4.90 Å². The van der Waals surface area contributed by atoms with Crippen molar-refractivity contribution in [3.05, 3.63) is 34.9 Å². The van der Waals surface area contributed by atoms with Crippen molar-refractivity contribution in [3.63, 3.8) is 0 Å². The monoisotopic (exact) mass is 433 g/mol. The van der Waals surface area contributed by atoms with Crippen molar-refractivity contribution in [2.45, 2.75) is 76.6 Å². The fourth-order valence-corrected chi connectivity index (χ4v) is 4.76. The third-order valence-corrected chi connectivity index (χ3v) is 6.75. The zero-order valence-corrected chi connectivity index (χ0v) is 19.1. The van der Waals surface area contributed by atoms with Gasteiger partial charge in [0, 0.05) is 36.2 Å². The molecule has 0 aromatic heterocycles. The van der Waals surface area contributed by atoms with Gasteiger partial charge in [0.2, 0.25) is 0 Å². The maximum atomic E-state index is 13.5. The molecule has 3 aliphatic rings. The second-order valence-corrected chi connectivity index (χ2v) is 10.5. The molecule has 6 nitrogen and oxygen atoms in total. The topological polar surface area (TPSA) is 53.1 Å². The predicted molar refractivity (Wildman–Crippen MR) is 117 cm³/mol. The number of hydrogen-bond donors (Lipinski definition) is 0. The van der Waals surface area contributed by atoms with Crippen LogP contribution < -0.4 is 0 Å². The normalized spacial score (nSPS) is 24.4. The first-order valence-corrected chi connectivity index (χ1v) is 11.3. The number of halogens is 1. The zero-order chi connectivity index (χ0) is 21.7. The van der Waals surface area contributed by atoms with Crippen molar-refractivity contribution in [1.29, 1.82) is 0 Å². The molecule has 7 heteroatoms. The molecule has 0 spiro atoms. The minimum Gasteiger partial charge on any atom is -0.444 e. The van der Waals surface area contributed by atoms with E-state index in [1.807, 2.05) is 39.0 Å². The number of benzene rings is 1. The van der Waals surface area contributed by atoms with Crippen molar-refractivity contribution >= 4 is 23.7 Å². The smallest absolute Gasteiger partial charge is 0.410 e. The van der Waals surface area contributed by atoms with Gasteiger partial charge in [-0.2, -0.15) is 0 Å². The van der Waals surface area contributed by atoms with E-state index in [0.29, 0.717) is 24.7 Å². The second kappa shape index (κ2) is 7.63. The molecule has 1 unspecified atom stereocenters. The Hall–Kier alpha value is -1.95. The average Bonchev–Trinajstić information content (AvgIpc) is 3.31. The SMILES string of the molecule is CC(C)(C)OC(=O)N1CCC(N2C(=O)N(C3(C)CC3)CC2c2cccc(Cl)c2)CC1. The Balaban J connectivity index is 1.51. The largest absolute Gasteiger partial charge is 0.444 e. The third kappa shape index (κ3) is 4.25. The van der Waals surface area contributed by atoms with Gasteiger partial charge in [-0.15, -0.1) is 0 Å². The molecule has 30 heavy (non-hydrogen) atoms. The number of piperidine rings is 1. The first-order valence-electron chi connectivity index (χ1n) is 10.9. The molecule has 0 N–H and O–H groups in total. The van der Waals surface area contributed by atoms with Gasteiger partial charge < -0.3 is 19.4 Å². The van der Waals surface area contributed by atoms with Gasteiger partial charge in [-0.1, -0.05) is 23.7 Å². The van der Waals surface area contributed by atoms with Crippen LogP contribution in [0.3, 0.4) is 0 Å². The summed E-state index contributed by atoms with van der Waals surface area (Å²) in [6.45, 7) is 9.71. The first-order chi connectivity index (χ1) is 14.1. The molecule has 0 bridgehead atoms. The van der Waals surface area contributed by atoms with Crippen LogP contribution in [0.4, 0.5) is 9.59 Å². The number of likely N-dealkylation sites (tertiary alicyclic amines) is 1. The lowest BCUT2D eigenvalue weighted by Crippen LogP contribution is -2.50. The Bertz CT molecular complexity index is 825. The van der Waals surface area contributed by atoms with E-state index in [9.17, 15) is 9.59 Å². The lowest BCUT2D eigenvalue weighted by atomic mass is 9.99. The lowest BCUT2D eigenvalue weighted by molar-refractivity contribution is 0.0157. The number of carbonyl (C=O) groups excluding carboxylic acids is 2. The molecule has 2 aliphatic heterocycles. The van der Waals surface area contributed by atoms with Crippen LogP contribution in [-0.2, 0) is 4.74 Å². The van der Waals surface area contributed by atoms with Gasteiger partial charge >= 0.3 is 12.1 Å². The number of amides is 3. The Morgan fingerprint density at radius 1 is 1.20 bits per heavy atom. The summed E-state index contributed by atoms with van der Waals surface area (Å²) in [6.07, 6.45) is 3.36. The molecule has 164 valence electrons. The maximum absolute atomic E-state index is 13.5. The zero-order valence-electron chi connectivity index (χ0n) is 18.4. The summed E-state index contributed by atoms with van der Waals surface area (Å²) in [5.41, 5.74) is 0.563. The molecule has 1 atom stereocenters. The van der Waals surface area contributed by atoms with Crippen LogP contribution in [-0.4, -0.2) is 63.6 Å². The summed E-state index contributed by atoms with van der Waals surface area (Å²) >= 11 is 6.26. The Labute approximate surface area is 184 Å². The number of carbonyl (C=O) groups is 2. The molecule has 1 aromatic rings. The van der Waals surface area contributed by atoms with E-state index in [4.69, 9.17) is 16.3 Å². The fraction of sp³-hybridized carbons (Fsp3) is 0.652. The summed E-state index contributed by atoms with van der Waals surface area (Å²) in [7, 11) is 0. The van der Waals surface area contributed by atoms with Crippen molar-refractivity contribution in [3.8, 4) is 0 Å². The molecule has 3 fully saturated rings. The highest BCUT2D eigenvalue weighted by atomic mass is 35.5. The van der Waals surface area contributed by atoms with Gasteiger partial charge in [0.25, 0.3) is 0 Å². The van der Waals surface area contributed by atoms with Gasteiger partial charge in [-0.05, 0) is 71.1 Å². The van der Waals surface area contributed by atoms with Crippen molar-refractivity contribution in [2.24, 2.45) is 0 Å². The Kier molecular flexibility index (Phi) is 5.41. The summed E-state index contributed by atoms with van der Waals surface area (Å²) in [4.78, 5) is 31.8. The van der Waals surface area contributed by atoms with Crippen molar-refractivity contribution in [1.82, 2.24) is 14.7 Å². The van der Waals surface area contributed by atoms with Crippen molar-refractivity contribution < 1.29 is 14.3 Å². The molecule has 0 radical (unpaired) electrons. The van der Waals surface area contributed by atoms with Crippen LogP contribution in [0.25, 0.3) is 0 Å². The van der Waals surface area contributed by atoms with Crippen LogP contribution in [0, 0.1) is 0 Å². The average molecular weight is 434 g/mol. The Morgan fingerprint density at radius 2 is 1.87 bits per heavy atom. The summed E-state index contributed by atoms with van der Waals surface area (Å²) in [5, 5.41) is 0.690. The van der Waals surface area contributed by atoms with E-state index in [1.165, 1.54) is 0 Å². The summed E-state index contributed by atoms with van der Waals surface area (Å²) in [5.74, 6) is 0. The van der Waals surface area contributed by atoms with Gasteiger partial charge in [0.15, 0.2) is 0 Å². The number of urea groups is 1. The molecule has 3 amide bonds. The molecular formula is C23H32ClN3O3. The van der Waals surface area contributed by atoms with Crippen molar-refractivity contribution in [2.75, 3.05) is 19.6 Å². The van der Waals surface area contributed by atoms with Crippen LogP contribution in [0.1, 0.15) is 65.0 Å². The minimum atomic E-state index is -0.503. The van der Waals surface area contributed by atoms with Gasteiger partial charge in [-0.25, -0.2) is 9.59 Å². The highest BCUT2D eigenvalue weighted by Crippen LogP contribution is 2.47.